The van der Waals surface area contributed by atoms with Gasteiger partial charge in [0.1, 0.15) is 12.7 Å². The van der Waals surface area contributed by atoms with Gasteiger partial charge in [0, 0.05) is 30.0 Å². The van der Waals surface area contributed by atoms with Crippen LogP contribution in [0.1, 0.15) is 11.1 Å². The fourth-order valence-electron chi connectivity index (χ4n) is 3.22. The first-order valence-electron chi connectivity index (χ1n) is 9.03. The molecule has 0 aliphatic carbocycles. The molecule has 0 bridgehead atoms. The van der Waals surface area contributed by atoms with Crippen LogP contribution in [0, 0.1) is 0 Å². The van der Waals surface area contributed by atoms with Crippen LogP contribution >= 0.6 is 0 Å². The Balaban J connectivity index is 1.52. The maximum absolute atomic E-state index is 13.1. The molecular weight excluding hydrogens is 390 g/mol. The molecule has 3 aromatic rings. The van der Waals surface area contributed by atoms with Crippen molar-refractivity contribution in [2.45, 2.75) is 19.0 Å². The van der Waals surface area contributed by atoms with Crippen LogP contribution in [-0.2, 0) is 27.6 Å². The largest absolute Gasteiger partial charge is 0.331 e. The van der Waals surface area contributed by atoms with Gasteiger partial charge in [0.15, 0.2) is 9.84 Å². The van der Waals surface area contributed by atoms with Crippen LogP contribution in [0.25, 0.3) is 5.69 Å². The second kappa shape index (κ2) is 7.96. The Morgan fingerprint density at radius 1 is 1.03 bits per heavy atom. The number of amides is 1. The second-order valence-corrected chi connectivity index (χ2v) is 8.75. The van der Waals surface area contributed by atoms with Crippen molar-refractivity contribution in [2.24, 2.45) is 0 Å². The van der Waals surface area contributed by atoms with E-state index in [4.69, 9.17) is 0 Å². The van der Waals surface area contributed by atoms with Crippen LogP contribution in [0.2, 0.25) is 0 Å². The average molecular weight is 409 g/mol. The molecule has 1 aromatic carbocycles. The van der Waals surface area contributed by atoms with Gasteiger partial charge in [0.2, 0.25) is 5.91 Å². The number of carbonyl (C=O) groups is 1. The number of rotatable bonds is 6. The van der Waals surface area contributed by atoms with Gasteiger partial charge >= 0.3 is 0 Å². The zero-order valence-corrected chi connectivity index (χ0v) is 16.3. The van der Waals surface area contributed by atoms with Gasteiger partial charge in [0.25, 0.3) is 0 Å². The molecule has 1 amide bonds. The molecule has 148 valence electrons. The number of nitrogens with zero attached hydrogens (tertiary/aromatic N) is 5. The van der Waals surface area contributed by atoms with Gasteiger partial charge in [-0.25, -0.2) is 8.42 Å². The number of carbonyl (C=O) groups excluding carboxylic acids is 1. The minimum Gasteiger partial charge on any atom is -0.331 e. The molecule has 1 atom stereocenters. The summed E-state index contributed by atoms with van der Waals surface area (Å²) in [4.78, 5) is 18.7. The molecule has 0 radical (unpaired) electrons. The predicted molar refractivity (Wildman–Crippen MR) is 107 cm³/mol. The molecule has 0 N–H and O–H groups in total. The Bertz CT molecular complexity index is 1110. The lowest BCUT2D eigenvalue weighted by molar-refractivity contribution is -0.132. The van der Waals surface area contributed by atoms with Crippen LogP contribution in [0.3, 0.4) is 0 Å². The van der Waals surface area contributed by atoms with Crippen molar-refractivity contribution >= 4 is 15.7 Å². The van der Waals surface area contributed by atoms with Crippen molar-refractivity contribution in [2.75, 3.05) is 5.75 Å². The summed E-state index contributed by atoms with van der Waals surface area (Å²) in [7, 11) is -3.27. The summed E-state index contributed by atoms with van der Waals surface area (Å²) in [6.45, 7) is 0.324. The summed E-state index contributed by atoms with van der Waals surface area (Å²) in [5.74, 6) is -0.221. The van der Waals surface area contributed by atoms with E-state index in [0.717, 1.165) is 16.8 Å². The first-order chi connectivity index (χ1) is 14.0. The van der Waals surface area contributed by atoms with Crippen LogP contribution in [0.5, 0.6) is 0 Å². The molecule has 2 aromatic heterocycles. The molecule has 9 heteroatoms. The fourth-order valence-corrected chi connectivity index (χ4v) is 4.52. The van der Waals surface area contributed by atoms with E-state index >= 15 is 0 Å². The SMILES string of the molecule is O=C(Cc1ccc(-n2cnnc2)cc1)N(Cc1ccncc1)C1C=CS(=O)(=O)C1. The highest BCUT2D eigenvalue weighted by Gasteiger charge is 2.30. The van der Waals surface area contributed by atoms with Gasteiger partial charge in [0.05, 0.1) is 18.2 Å². The van der Waals surface area contributed by atoms with Crippen molar-refractivity contribution in [1.29, 1.82) is 0 Å². The van der Waals surface area contributed by atoms with Crippen LogP contribution in [0.4, 0.5) is 0 Å². The fraction of sp³-hybridized carbons (Fsp3) is 0.200. The lowest BCUT2D eigenvalue weighted by Crippen LogP contribution is -2.41. The van der Waals surface area contributed by atoms with E-state index < -0.39 is 15.9 Å². The molecule has 0 spiro atoms. The van der Waals surface area contributed by atoms with Gasteiger partial charge in [-0.2, -0.15) is 0 Å². The molecule has 0 saturated heterocycles. The quantitative estimate of drug-likeness (QED) is 0.613. The number of hydrogen-bond donors (Lipinski definition) is 0. The lowest BCUT2D eigenvalue weighted by Gasteiger charge is -2.28. The number of pyridine rings is 1. The maximum Gasteiger partial charge on any atom is 0.227 e. The van der Waals surface area contributed by atoms with Crippen molar-refractivity contribution in [3.63, 3.8) is 0 Å². The van der Waals surface area contributed by atoms with Crippen molar-refractivity contribution in [3.05, 3.63) is 84.1 Å². The topological polar surface area (TPSA) is 98.1 Å². The minimum atomic E-state index is -3.27. The smallest absolute Gasteiger partial charge is 0.227 e. The highest BCUT2D eigenvalue weighted by Crippen LogP contribution is 2.19. The van der Waals surface area contributed by atoms with Crippen LogP contribution in [-0.4, -0.2) is 50.8 Å². The summed E-state index contributed by atoms with van der Waals surface area (Å²) < 4.78 is 25.5. The number of hydrogen-bond acceptors (Lipinski definition) is 6. The third-order valence-electron chi connectivity index (χ3n) is 4.74. The van der Waals surface area contributed by atoms with Crippen LogP contribution in [0.15, 0.2) is 72.9 Å². The summed E-state index contributed by atoms with van der Waals surface area (Å²) >= 11 is 0. The molecule has 1 aliphatic heterocycles. The van der Waals surface area contributed by atoms with Gasteiger partial charge in [-0.05, 0) is 41.5 Å². The van der Waals surface area contributed by atoms with E-state index in [9.17, 15) is 13.2 Å². The Labute approximate surface area is 168 Å². The van der Waals surface area contributed by atoms with E-state index in [0.29, 0.717) is 6.54 Å². The number of benzene rings is 1. The van der Waals surface area contributed by atoms with E-state index in [-0.39, 0.29) is 18.1 Å². The molecule has 29 heavy (non-hydrogen) atoms. The molecule has 4 rings (SSSR count). The van der Waals surface area contributed by atoms with Crippen molar-refractivity contribution < 1.29 is 13.2 Å². The molecular formula is C20H19N5O3S. The third kappa shape index (κ3) is 4.57. The summed E-state index contributed by atoms with van der Waals surface area (Å²) in [5, 5.41) is 8.75. The number of sulfone groups is 1. The van der Waals surface area contributed by atoms with Gasteiger partial charge in [-0.3, -0.25) is 14.3 Å². The van der Waals surface area contributed by atoms with E-state index in [1.54, 1.807) is 40.6 Å². The molecule has 1 unspecified atom stereocenters. The average Bonchev–Trinajstić information content (AvgIpc) is 3.37. The zero-order chi connectivity index (χ0) is 20.3. The van der Waals surface area contributed by atoms with E-state index in [1.165, 1.54) is 5.41 Å². The Morgan fingerprint density at radius 2 is 1.72 bits per heavy atom. The molecule has 0 saturated carbocycles. The van der Waals surface area contributed by atoms with Crippen molar-refractivity contribution in [1.82, 2.24) is 24.6 Å². The summed E-state index contributed by atoms with van der Waals surface area (Å²) in [6.07, 6.45) is 8.28. The Morgan fingerprint density at radius 3 is 2.34 bits per heavy atom. The second-order valence-electron chi connectivity index (χ2n) is 6.81. The normalized spacial score (nSPS) is 17.3. The van der Waals surface area contributed by atoms with E-state index in [1.807, 2.05) is 36.4 Å². The Kier molecular flexibility index (Phi) is 5.22. The highest BCUT2D eigenvalue weighted by molar-refractivity contribution is 7.94. The van der Waals surface area contributed by atoms with Gasteiger partial charge < -0.3 is 4.90 Å². The summed E-state index contributed by atoms with van der Waals surface area (Å²) in [6, 6.07) is 10.7. The van der Waals surface area contributed by atoms with E-state index in [2.05, 4.69) is 15.2 Å². The summed E-state index contributed by atoms with van der Waals surface area (Å²) in [5.41, 5.74) is 2.63. The van der Waals surface area contributed by atoms with Gasteiger partial charge in [-0.1, -0.05) is 12.1 Å². The number of aromatic nitrogens is 4. The highest BCUT2D eigenvalue weighted by atomic mass is 32.2. The standard InChI is InChI=1S/C20H19N5O3S/c26-20(11-16-1-3-18(4-2-16)24-14-22-23-15-24)25(12-17-5-8-21-9-6-17)19-7-10-29(27,28)13-19/h1-10,14-15,19H,11-13H2. The maximum atomic E-state index is 13.1. The monoisotopic (exact) mass is 409 g/mol. The van der Waals surface area contributed by atoms with Crippen molar-refractivity contribution in [3.8, 4) is 5.69 Å². The first kappa shape index (κ1) is 19.0. The zero-order valence-electron chi connectivity index (χ0n) is 15.5. The molecule has 3 heterocycles. The molecule has 8 nitrogen and oxygen atoms in total. The first-order valence-corrected chi connectivity index (χ1v) is 10.7. The molecule has 0 fully saturated rings. The van der Waals surface area contributed by atoms with Gasteiger partial charge in [-0.15, -0.1) is 10.2 Å². The predicted octanol–water partition coefficient (Wildman–Crippen LogP) is 1.54. The minimum absolute atomic E-state index is 0.0869. The van der Waals surface area contributed by atoms with Crippen LogP contribution < -0.4 is 0 Å². The lowest BCUT2D eigenvalue weighted by atomic mass is 10.1. The third-order valence-corrected chi connectivity index (χ3v) is 6.12. The molecule has 1 aliphatic rings. The Hall–Kier alpha value is -3.33.